The number of rotatable bonds is 17. The summed E-state index contributed by atoms with van der Waals surface area (Å²) >= 11 is 0. The number of alkyl halides is 1. The SMILES string of the molecule is CCCOC(=O)[C@H](C)NP(=O)(N[C@@H](C)C(=O)OCCC)OC[C@@]1(F)O[C@@](C#N)(c2ccc(C(N)=NC=N)[nH]2)[C@@H]2OC(OC)O[C@@H]21. The molecule has 0 bridgehead atoms. The molecule has 0 saturated carbocycles. The third kappa shape index (κ3) is 8.12. The van der Waals surface area contributed by atoms with E-state index in [9.17, 15) is 19.4 Å². The van der Waals surface area contributed by atoms with Gasteiger partial charge in [0.2, 0.25) is 5.60 Å². The number of nitrogens with two attached hydrogens (primary N) is 1. The van der Waals surface area contributed by atoms with Crippen molar-refractivity contribution in [1.82, 2.24) is 15.2 Å². The zero-order chi connectivity index (χ0) is 33.4. The van der Waals surface area contributed by atoms with Crippen LogP contribution in [0.3, 0.4) is 0 Å². The van der Waals surface area contributed by atoms with Crippen LogP contribution in [0.4, 0.5) is 4.39 Å². The van der Waals surface area contributed by atoms with E-state index in [-0.39, 0.29) is 30.4 Å². The monoisotopic (exact) mass is 659 g/mol. The molecule has 0 aromatic carbocycles. The van der Waals surface area contributed by atoms with Gasteiger partial charge in [0.25, 0.3) is 12.3 Å². The summed E-state index contributed by atoms with van der Waals surface area (Å²) in [7, 11) is -3.26. The lowest BCUT2D eigenvalue weighted by molar-refractivity contribution is -0.296. The van der Waals surface area contributed by atoms with Gasteiger partial charge in [0.15, 0.2) is 6.10 Å². The number of nitrogens with one attached hydrogen (secondary N) is 4. The number of ether oxygens (including phenoxy) is 6. The Labute approximate surface area is 259 Å². The first-order valence-electron chi connectivity index (χ1n) is 14.1. The molecule has 2 fully saturated rings. The summed E-state index contributed by atoms with van der Waals surface area (Å²) in [6.07, 6.45) is -1.32. The molecular weight excluding hydrogens is 620 g/mol. The highest BCUT2D eigenvalue weighted by Crippen LogP contribution is 2.53. The number of aromatic nitrogens is 1. The summed E-state index contributed by atoms with van der Waals surface area (Å²) in [4.78, 5) is 31.4. The van der Waals surface area contributed by atoms with Crippen LogP contribution in [-0.2, 0) is 52.7 Å². The summed E-state index contributed by atoms with van der Waals surface area (Å²) < 4.78 is 68.7. The minimum absolute atomic E-state index is 0.00275. The smallest absolute Gasteiger partial charge is 0.342 e. The Morgan fingerprint density at radius 1 is 1.20 bits per heavy atom. The number of halogens is 1. The van der Waals surface area contributed by atoms with Crippen LogP contribution in [0.1, 0.15) is 51.9 Å². The number of esters is 2. The Bertz CT molecular complexity index is 1310. The van der Waals surface area contributed by atoms with Crippen molar-refractivity contribution in [3.63, 3.8) is 0 Å². The van der Waals surface area contributed by atoms with Gasteiger partial charge in [-0.2, -0.15) is 5.26 Å². The number of hydrogen-bond donors (Lipinski definition) is 5. The number of amidine groups is 1. The van der Waals surface area contributed by atoms with E-state index in [1.54, 1.807) is 13.8 Å². The number of nitriles is 1. The van der Waals surface area contributed by atoms with E-state index in [4.69, 9.17) is 44.1 Å². The fraction of sp³-hybridized carbons (Fsp3) is 0.654. The maximum absolute atomic E-state index is 16.9. The van der Waals surface area contributed by atoms with Crippen LogP contribution in [-0.4, -0.2) is 92.6 Å². The van der Waals surface area contributed by atoms with Crippen molar-refractivity contribution >= 4 is 31.8 Å². The third-order valence-electron chi connectivity index (χ3n) is 6.65. The molecule has 3 heterocycles. The molecule has 7 atom stereocenters. The Kier molecular flexibility index (Phi) is 12.3. The lowest BCUT2D eigenvalue weighted by atomic mass is 9.92. The predicted octanol–water partition coefficient (Wildman–Crippen LogP) is 1.44. The Morgan fingerprint density at radius 2 is 1.78 bits per heavy atom. The van der Waals surface area contributed by atoms with Gasteiger partial charge in [0.1, 0.15) is 43.0 Å². The lowest BCUT2D eigenvalue weighted by Gasteiger charge is -2.31. The number of H-pyrrole nitrogens is 1. The first kappa shape index (κ1) is 36.2. The molecule has 6 N–H and O–H groups in total. The third-order valence-corrected chi connectivity index (χ3v) is 8.59. The van der Waals surface area contributed by atoms with E-state index in [1.807, 2.05) is 6.07 Å². The van der Waals surface area contributed by atoms with Gasteiger partial charge in [0.05, 0.1) is 24.6 Å². The zero-order valence-corrected chi connectivity index (χ0v) is 26.4. The maximum atomic E-state index is 16.9. The average molecular weight is 660 g/mol. The normalized spacial score (nSPS) is 27.8. The molecule has 1 aromatic rings. The zero-order valence-electron chi connectivity index (χ0n) is 25.5. The Hall–Kier alpha value is -3.27. The van der Waals surface area contributed by atoms with Crippen molar-refractivity contribution in [3.8, 4) is 6.07 Å². The van der Waals surface area contributed by atoms with Crippen molar-refractivity contribution < 1.29 is 51.5 Å². The molecule has 2 aliphatic rings. The van der Waals surface area contributed by atoms with E-state index in [1.165, 1.54) is 33.1 Å². The summed E-state index contributed by atoms with van der Waals surface area (Å²) in [5, 5.41) is 22.4. The lowest BCUT2D eigenvalue weighted by Crippen LogP contribution is -2.46. The fourth-order valence-corrected chi connectivity index (χ4v) is 6.29. The second-order valence-corrected chi connectivity index (χ2v) is 12.0. The Morgan fingerprint density at radius 3 is 2.29 bits per heavy atom. The average Bonchev–Trinajstić information content (AvgIpc) is 3.74. The standard InChI is InChI=1S/C26H39FN7O10P/c1-6-10-39-22(35)15(3)33-45(37,34-16(4)23(36)40-11-7-2)41-13-26(27)20-19(42-24(38-5)43-20)25(12-28,44-26)18-9-8-17(32-18)21(30)31-14-29/h8-9,14-16,19-20,24,32H,6-7,10-11,13H2,1-5H3,(H3,29,30,31)(H2,33,34,37)/t15-,16-,19+,20-,24?,25-,26+/m0/s1. The van der Waals surface area contributed by atoms with Crippen LogP contribution in [0, 0.1) is 16.7 Å². The van der Waals surface area contributed by atoms with Crippen molar-refractivity contribution in [1.29, 1.82) is 10.7 Å². The summed E-state index contributed by atoms with van der Waals surface area (Å²) in [6, 6.07) is 2.29. The molecule has 3 rings (SSSR count). The summed E-state index contributed by atoms with van der Waals surface area (Å²) in [6.45, 7) is 3.91. The molecule has 17 nitrogen and oxygen atoms in total. The quantitative estimate of drug-likeness (QED) is 0.0688. The van der Waals surface area contributed by atoms with Crippen LogP contribution in [0.15, 0.2) is 17.1 Å². The van der Waals surface area contributed by atoms with Gasteiger partial charge in [0, 0.05) is 7.11 Å². The topological polar surface area (TPSA) is 242 Å². The minimum Gasteiger partial charge on any atom is -0.465 e. The van der Waals surface area contributed by atoms with Crippen LogP contribution in [0.2, 0.25) is 0 Å². The number of aliphatic imine (C=N–C) groups is 1. The van der Waals surface area contributed by atoms with Crippen molar-refractivity contribution in [3.05, 3.63) is 23.5 Å². The molecule has 45 heavy (non-hydrogen) atoms. The van der Waals surface area contributed by atoms with Crippen molar-refractivity contribution in [2.24, 2.45) is 10.7 Å². The van der Waals surface area contributed by atoms with Gasteiger partial charge < -0.3 is 39.1 Å². The molecule has 0 spiro atoms. The van der Waals surface area contributed by atoms with Crippen LogP contribution in [0.5, 0.6) is 0 Å². The predicted molar refractivity (Wildman–Crippen MR) is 154 cm³/mol. The van der Waals surface area contributed by atoms with Gasteiger partial charge in [-0.05, 0) is 38.8 Å². The number of hydrogen-bond acceptors (Lipinski definition) is 12. The van der Waals surface area contributed by atoms with Gasteiger partial charge in [-0.1, -0.05) is 13.8 Å². The van der Waals surface area contributed by atoms with Crippen LogP contribution < -0.4 is 15.9 Å². The van der Waals surface area contributed by atoms with Crippen molar-refractivity contribution in [2.45, 2.75) is 82.8 Å². The van der Waals surface area contributed by atoms with E-state index in [0.29, 0.717) is 19.2 Å². The summed E-state index contributed by atoms with van der Waals surface area (Å²) in [5.41, 5.74) is 3.84. The van der Waals surface area contributed by atoms with E-state index < -0.39 is 68.4 Å². The van der Waals surface area contributed by atoms with Crippen LogP contribution >= 0.6 is 7.67 Å². The molecule has 0 aliphatic carbocycles. The van der Waals surface area contributed by atoms with E-state index in [2.05, 4.69) is 20.2 Å². The largest absolute Gasteiger partial charge is 0.465 e. The fourth-order valence-electron chi connectivity index (χ4n) is 4.47. The number of fused-ring (bicyclic) bond motifs is 1. The second kappa shape index (κ2) is 15.3. The number of aromatic amines is 1. The molecular formula is C26H39FN7O10P. The summed E-state index contributed by atoms with van der Waals surface area (Å²) in [5.74, 6) is -4.65. The highest BCUT2D eigenvalue weighted by atomic mass is 31.2. The number of carbonyl (C=O) groups excluding carboxylic acids is 2. The maximum Gasteiger partial charge on any atom is 0.342 e. The molecule has 250 valence electrons. The highest BCUT2D eigenvalue weighted by Gasteiger charge is 2.71. The molecule has 1 aromatic heterocycles. The van der Waals surface area contributed by atoms with Gasteiger partial charge in [-0.3, -0.25) is 24.1 Å². The number of nitrogens with zero attached hydrogens (tertiary/aromatic N) is 2. The molecule has 2 saturated heterocycles. The highest BCUT2D eigenvalue weighted by molar-refractivity contribution is 7.54. The molecule has 2 aliphatic heterocycles. The first-order chi connectivity index (χ1) is 21.3. The molecule has 1 unspecified atom stereocenters. The second-order valence-electron chi connectivity index (χ2n) is 10.2. The molecule has 19 heteroatoms. The Balaban J connectivity index is 1.94. The van der Waals surface area contributed by atoms with Crippen LogP contribution in [0.25, 0.3) is 0 Å². The van der Waals surface area contributed by atoms with E-state index >= 15 is 4.39 Å². The van der Waals surface area contributed by atoms with E-state index in [0.717, 1.165) is 0 Å². The first-order valence-corrected chi connectivity index (χ1v) is 15.7. The van der Waals surface area contributed by atoms with Gasteiger partial charge in [-0.15, -0.1) is 0 Å². The van der Waals surface area contributed by atoms with Gasteiger partial charge >= 0.3 is 19.6 Å². The number of carbonyl (C=O) groups is 2. The minimum atomic E-state index is -4.49. The molecule has 0 radical (unpaired) electrons. The number of methoxy groups -OCH3 is 1. The van der Waals surface area contributed by atoms with Gasteiger partial charge in [-0.25, -0.2) is 19.6 Å². The van der Waals surface area contributed by atoms with Crippen molar-refractivity contribution in [2.75, 3.05) is 26.9 Å². The molecule has 0 amide bonds.